The predicted molar refractivity (Wildman–Crippen MR) is 89.9 cm³/mol. The third kappa shape index (κ3) is 2.79. The number of thiophene rings is 1. The molecule has 6 nitrogen and oxygen atoms in total. The van der Waals surface area contributed by atoms with Crippen LogP contribution in [0.5, 0.6) is 0 Å². The molecule has 0 aliphatic carbocycles. The first-order valence-corrected chi connectivity index (χ1v) is 8.97. The minimum atomic E-state index is -0.216. The third-order valence-corrected chi connectivity index (χ3v) is 5.39. The van der Waals surface area contributed by atoms with Gasteiger partial charge >= 0.3 is 0 Å². The van der Waals surface area contributed by atoms with Crippen molar-refractivity contribution in [3.63, 3.8) is 0 Å². The Hall–Kier alpha value is -1.73. The zero-order valence-electron chi connectivity index (χ0n) is 13.2. The molecule has 2 aliphatic rings. The molecule has 0 saturated carbocycles. The number of nitrogens with zero attached hydrogens (tertiary/aromatic N) is 4. The number of ether oxygens (including phenoxy) is 1. The van der Waals surface area contributed by atoms with Gasteiger partial charge in [0.05, 0.1) is 10.2 Å². The number of hydrogen-bond donors (Lipinski definition) is 0. The molecule has 7 heteroatoms. The van der Waals surface area contributed by atoms with Gasteiger partial charge in [0.25, 0.3) is 5.91 Å². The molecule has 2 fully saturated rings. The Kier molecular flexibility index (Phi) is 3.90. The molecule has 0 unspecified atom stereocenters. The molecule has 23 heavy (non-hydrogen) atoms. The van der Waals surface area contributed by atoms with Crippen LogP contribution in [0.3, 0.4) is 0 Å². The summed E-state index contributed by atoms with van der Waals surface area (Å²) in [6, 6.07) is 2.04. The monoisotopic (exact) mass is 332 g/mol. The molecular weight excluding hydrogens is 312 g/mol. The molecule has 2 aromatic rings. The molecule has 1 atom stereocenters. The average molecular weight is 332 g/mol. The smallest absolute Gasteiger partial charge is 0.251 e. The van der Waals surface area contributed by atoms with Gasteiger partial charge in [-0.3, -0.25) is 4.79 Å². The van der Waals surface area contributed by atoms with Gasteiger partial charge in [0.2, 0.25) is 0 Å². The lowest BCUT2D eigenvalue weighted by Gasteiger charge is -2.36. The first-order valence-electron chi connectivity index (χ1n) is 8.09. The van der Waals surface area contributed by atoms with Crippen molar-refractivity contribution in [3.8, 4) is 0 Å². The standard InChI is InChI=1S/C16H20N4O2S/c1-11-17-12-4-10-23-14(12)15(18-11)19-5-7-20(8-6-19)16(21)13-3-2-9-22-13/h4,10,13H,2-3,5-9H2,1H3/t13-/m1/s1. The number of fused-ring (bicyclic) bond motifs is 1. The van der Waals surface area contributed by atoms with Gasteiger partial charge in [0, 0.05) is 32.8 Å². The van der Waals surface area contributed by atoms with Gasteiger partial charge in [-0.15, -0.1) is 11.3 Å². The highest BCUT2D eigenvalue weighted by Gasteiger charge is 2.31. The highest BCUT2D eigenvalue weighted by molar-refractivity contribution is 7.17. The summed E-state index contributed by atoms with van der Waals surface area (Å²) in [5.74, 6) is 1.96. The fourth-order valence-corrected chi connectivity index (χ4v) is 4.14. The second-order valence-electron chi connectivity index (χ2n) is 6.04. The van der Waals surface area contributed by atoms with E-state index in [-0.39, 0.29) is 12.0 Å². The fourth-order valence-electron chi connectivity index (χ4n) is 3.29. The van der Waals surface area contributed by atoms with E-state index in [1.165, 1.54) is 0 Å². The van der Waals surface area contributed by atoms with E-state index < -0.39 is 0 Å². The normalized spacial score (nSPS) is 22.0. The molecule has 0 bridgehead atoms. The zero-order valence-corrected chi connectivity index (χ0v) is 14.0. The van der Waals surface area contributed by atoms with Crippen LogP contribution in [0.25, 0.3) is 10.2 Å². The lowest BCUT2D eigenvalue weighted by atomic mass is 10.2. The van der Waals surface area contributed by atoms with Crippen molar-refractivity contribution in [2.45, 2.75) is 25.9 Å². The average Bonchev–Trinajstić information content (AvgIpc) is 3.25. The van der Waals surface area contributed by atoms with Gasteiger partial charge in [-0.05, 0) is 31.2 Å². The van der Waals surface area contributed by atoms with E-state index >= 15 is 0 Å². The third-order valence-electron chi connectivity index (χ3n) is 4.49. The van der Waals surface area contributed by atoms with Crippen LogP contribution in [0.2, 0.25) is 0 Å². The number of amides is 1. The van der Waals surface area contributed by atoms with Gasteiger partial charge in [0.15, 0.2) is 0 Å². The Bertz CT molecular complexity index is 718. The highest BCUT2D eigenvalue weighted by atomic mass is 32.1. The Morgan fingerprint density at radius 2 is 2.13 bits per heavy atom. The number of piperazine rings is 1. The predicted octanol–water partition coefficient (Wildman–Crippen LogP) is 1.83. The van der Waals surface area contributed by atoms with Gasteiger partial charge in [-0.25, -0.2) is 9.97 Å². The van der Waals surface area contributed by atoms with Crippen LogP contribution < -0.4 is 4.90 Å². The van der Waals surface area contributed by atoms with Crippen LogP contribution in [0, 0.1) is 6.92 Å². The lowest BCUT2D eigenvalue weighted by Crippen LogP contribution is -2.51. The Balaban J connectivity index is 1.48. The Labute approximate surface area is 139 Å². The van der Waals surface area contributed by atoms with Crippen molar-refractivity contribution in [2.24, 2.45) is 0 Å². The quantitative estimate of drug-likeness (QED) is 0.840. The Morgan fingerprint density at radius 3 is 2.87 bits per heavy atom. The molecule has 4 heterocycles. The van der Waals surface area contributed by atoms with Crippen molar-refractivity contribution in [1.82, 2.24) is 14.9 Å². The number of anilines is 1. The largest absolute Gasteiger partial charge is 0.368 e. The van der Waals surface area contributed by atoms with Crippen LogP contribution in [-0.4, -0.2) is 59.7 Å². The van der Waals surface area contributed by atoms with Crippen molar-refractivity contribution >= 4 is 33.3 Å². The van der Waals surface area contributed by atoms with Crippen molar-refractivity contribution in [2.75, 3.05) is 37.7 Å². The second-order valence-corrected chi connectivity index (χ2v) is 6.96. The summed E-state index contributed by atoms with van der Waals surface area (Å²) >= 11 is 1.68. The molecule has 0 N–H and O–H groups in total. The molecule has 122 valence electrons. The lowest BCUT2D eigenvalue weighted by molar-refractivity contribution is -0.141. The summed E-state index contributed by atoms with van der Waals surface area (Å²) in [5, 5.41) is 2.06. The van der Waals surface area contributed by atoms with E-state index in [1.807, 2.05) is 17.9 Å². The number of aromatic nitrogens is 2. The maximum absolute atomic E-state index is 12.4. The SMILES string of the molecule is Cc1nc(N2CCN(C(=O)[C@H]3CCCO3)CC2)c2sccc2n1. The molecule has 0 radical (unpaired) electrons. The summed E-state index contributed by atoms with van der Waals surface area (Å²) in [4.78, 5) is 25.8. The maximum atomic E-state index is 12.4. The maximum Gasteiger partial charge on any atom is 0.251 e. The number of hydrogen-bond acceptors (Lipinski definition) is 6. The van der Waals surface area contributed by atoms with Crippen LogP contribution in [0.4, 0.5) is 5.82 Å². The first-order chi connectivity index (χ1) is 11.2. The van der Waals surface area contributed by atoms with E-state index in [4.69, 9.17) is 4.74 Å². The molecular formula is C16H20N4O2S. The van der Waals surface area contributed by atoms with Crippen LogP contribution in [0.15, 0.2) is 11.4 Å². The summed E-state index contributed by atoms with van der Waals surface area (Å²) < 4.78 is 6.65. The summed E-state index contributed by atoms with van der Waals surface area (Å²) in [6.45, 7) is 5.72. The van der Waals surface area contributed by atoms with Gasteiger partial charge in [0.1, 0.15) is 17.7 Å². The van der Waals surface area contributed by atoms with E-state index in [2.05, 4.69) is 20.2 Å². The van der Waals surface area contributed by atoms with Gasteiger partial charge in [-0.1, -0.05) is 0 Å². The Morgan fingerprint density at radius 1 is 1.30 bits per heavy atom. The second kappa shape index (κ2) is 6.05. The van der Waals surface area contributed by atoms with Crippen molar-refractivity contribution in [1.29, 1.82) is 0 Å². The zero-order chi connectivity index (χ0) is 15.8. The topological polar surface area (TPSA) is 58.6 Å². The molecule has 2 aliphatic heterocycles. The van der Waals surface area contributed by atoms with E-state index in [9.17, 15) is 4.79 Å². The summed E-state index contributed by atoms with van der Waals surface area (Å²) in [6.07, 6.45) is 1.64. The van der Waals surface area contributed by atoms with E-state index in [1.54, 1.807) is 11.3 Å². The molecule has 0 spiro atoms. The minimum absolute atomic E-state index is 0.155. The summed E-state index contributed by atoms with van der Waals surface area (Å²) in [5.41, 5.74) is 1.01. The van der Waals surface area contributed by atoms with Gasteiger partial charge in [-0.2, -0.15) is 0 Å². The molecule has 0 aromatic carbocycles. The summed E-state index contributed by atoms with van der Waals surface area (Å²) in [7, 11) is 0. The first kappa shape index (κ1) is 14.8. The highest BCUT2D eigenvalue weighted by Crippen LogP contribution is 2.29. The van der Waals surface area contributed by atoms with E-state index in [0.29, 0.717) is 6.61 Å². The number of carbonyl (C=O) groups excluding carboxylic acids is 1. The molecule has 4 rings (SSSR count). The minimum Gasteiger partial charge on any atom is -0.368 e. The van der Waals surface area contributed by atoms with Crippen LogP contribution >= 0.6 is 11.3 Å². The number of rotatable bonds is 2. The number of aryl methyl sites for hydroxylation is 1. The molecule has 1 amide bonds. The van der Waals surface area contributed by atoms with Crippen molar-refractivity contribution in [3.05, 3.63) is 17.3 Å². The van der Waals surface area contributed by atoms with Gasteiger partial charge < -0.3 is 14.5 Å². The molecule has 2 aromatic heterocycles. The number of carbonyl (C=O) groups is 1. The van der Waals surface area contributed by atoms with Crippen LogP contribution in [0.1, 0.15) is 18.7 Å². The van der Waals surface area contributed by atoms with Crippen LogP contribution in [-0.2, 0) is 9.53 Å². The van der Waals surface area contributed by atoms with E-state index in [0.717, 1.165) is 60.9 Å². The van der Waals surface area contributed by atoms with Crippen molar-refractivity contribution < 1.29 is 9.53 Å². The fraction of sp³-hybridized carbons (Fsp3) is 0.562. The molecule has 2 saturated heterocycles.